The molecule has 0 aromatic heterocycles. The third-order valence-corrected chi connectivity index (χ3v) is 5.13. The van der Waals surface area contributed by atoms with Gasteiger partial charge in [0.05, 0.1) is 0 Å². The number of rotatable bonds is 3. The van der Waals surface area contributed by atoms with E-state index in [0.717, 1.165) is 24.8 Å². The maximum atomic E-state index is 11.7. The standard InChI is InChI=1S/C17H24O3/c1-11(10-20-13(3)18)14-5-6-15-8-16(19)7-12(2)17(15,4)9-14/h8,12,14H,1,5-7,9-10H2,2-4H3/t12-,14-,17+/m1/s1. The molecule has 1 saturated carbocycles. The van der Waals surface area contributed by atoms with Crippen molar-refractivity contribution in [2.75, 3.05) is 6.61 Å². The molecule has 2 aliphatic carbocycles. The number of ketones is 1. The summed E-state index contributed by atoms with van der Waals surface area (Å²) in [5.74, 6) is 0.763. The van der Waals surface area contributed by atoms with Gasteiger partial charge in [-0.15, -0.1) is 0 Å². The molecule has 0 aromatic rings. The highest BCUT2D eigenvalue weighted by Crippen LogP contribution is 2.52. The summed E-state index contributed by atoms with van der Waals surface area (Å²) in [5, 5.41) is 0. The highest BCUT2D eigenvalue weighted by Gasteiger charge is 2.43. The predicted octanol–water partition coefficient (Wildman–Crippen LogP) is 3.45. The van der Waals surface area contributed by atoms with E-state index < -0.39 is 0 Å². The zero-order chi connectivity index (χ0) is 14.9. The van der Waals surface area contributed by atoms with Crippen LogP contribution in [0.15, 0.2) is 23.8 Å². The monoisotopic (exact) mass is 276 g/mol. The van der Waals surface area contributed by atoms with Crippen LogP contribution in [-0.2, 0) is 14.3 Å². The number of carbonyl (C=O) groups excluding carboxylic acids is 2. The molecule has 20 heavy (non-hydrogen) atoms. The lowest BCUT2D eigenvalue weighted by Gasteiger charge is -2.47. The Kier molecular flexibility index (Phi) is 4.17. The number of carbonyl (C=O) groups is 2. The van der Waals surface area contributed by atoms with E-state index in [-0.39, 0.29) is 17.2 Å². The minimum absolute atomic E-state index is 0.0932. The molecule has 3 atom stereocenters. The van der Waals surface area contributed by atoms with E-state index in [1.165, 1.54) is 12.5 Å². The zero-order valence-electron chi connectivity index (χ0n) is 12.7. The van der Waals surface area contributed by atoms with Crippen LogP contribution in [0, 0.1) is 17.3 Å². The predicted molar refractivity (Wildman–Crippen MR) is 78.1 cm³/mol. The summed E-state index contributed by atoms with van der Waals surface area (Å²) in [5.41, 5.74) is 2.40. The van der Waals surface area contributed by atoms with E-state index in [1.54, 1.807) is 0 Å². The van der Waals surface area contributed by atoms with E-state index in [2.05, 4.69) is 20.4 Å². The highest BCUT2D eigenvalue weighted by molar-refractivity contribution is 5.92. The van der Waals surface area contributed by atoms with Crippen LogP contribution in [0.25, 0.3) is 0 Å². The SMILES string of the molecule is C=C(COC(C)=O)[C@@H]1CCC2=CC(=O)C[C@@H](C)[C@]2(C)C1. The van der Waals surface area contributed by atoms with Crippen molar-refractivity contribution in [3.63, 3.8) is 0 Å². The van der Waals surface area contributed by atoms with E-state index in [1.807, 2.05) is 6.08 Å². The molecular formula is C17H24O3. The minimum atomic E-state index is -0.259. The summed E-state index contributed by atoms with van der Waals surface area (Å²) >= 11 is 0. The van der Waals surface area contributed by atoms with Crippen molar-refractivity contribution in [1.82, 2.24) is 0 Å². The summed E-state index contributed by atoms with van der Waals surface area (Å²) in [6.07, 6.45) is 5.47. The Labute approximate surface area is 121 Å². The van der Waals surface area contributed by atoms with Gasteiger partial charge in [0.2, 0.25) is 0 Å². The number of ether oxygens (including phenoxy) is 1. The largest absolute Gasteiger partial charge is 0.461 e. The molecule has 0 aromatic carbocycles. The summed E-state index contributed by atoms with van der Waals surface area (Å²) < 4.78 is 5.06. The van der Waals surface area contributed by atoms with Crippen LogP contribution in [0.4, 0.5) is 0 Å². The van der Waals surface area contributed by atoms with Crippen LogP contribution in [0.1, 0.15) is 46.5 Å². The number of hydrogen-bond donors (Lipinski definition) is 0. The highest BCUT2D eigenvalue weighted by atomic mass is 16.5. The number of hydrogen-bond acceptors (Lipinski definition) is 3. The van der Waals surface area contributed by atoms with Crippen molar-refractivity contribution >= 4 is 11.8 Å². The Morgan fingerprint density at radius 3 is 2.90 bits per heavy atom. The molecule has 2 rings (SSSR count). The number of allylic oxidation sites excluding steroid dienone is 2. The lowest BCUT2D eigenvalue weighted by Crippen LogP contribution is -2.39. The third kappa shape index (κ3) is 2.87. The fourth-order valence-corrected chi connectivity index (χ4v) is 3.56. The Hall–Kier alpha value is -1.38. The summed E-state index contributed by atoms with van der Waals surface area (Å²) in [6.45, 7) is 10.3. The lowest BCUT2D eigenvalue weighted by atomic mass is 9.57. The van der Waals surface area contributed by atoms with Gasteiger partial charge in [-0.05, 0) is 48.2 Å². The molecular weight excluding hydrogens is 252 g/mol. The minimum Gasteiger partial charge on any atom is -0.461 e. The van der Waals surface area contributed by atoms with Crippen molar-refractivity contribution < 1.29 is 14.3 Å². The fraction of sp³-hybridized carbons (Fsp3) is 0.647. The van der Waals surface area contributed by atoms with Gasteiger partial charge in [-0.2, -0.15) is 0 Å². The fourth-order valence-electron chi connectivity index (χ4n) is 3.56. The average Bonchev–Trinajstić information content (AvgIpc) is 2.37. The van der Waals surface area contributed by atoms with Crippen LogP contribution in [0.2, 0.25) is 0 Å². The van der Waals surface area contributed by atoms with Gasteiger partial charge in [-0.25, -0.2) is 0 Å². The molecule has 110 valence electrons. The second-order valence-corrected chi connectivity index (χ2v) is 6.54. The van der Waals surface area contributed by atoms with Gasteiger partial charge in [0.15, 0.2) is 5.78 Å². The molecule has 0 amide bonds. The second-order valence-electron chi connectivity index (χ2n) is 6.54. The smallest absolute Gasteiger partial charge is 0.302 e. The van der Waals surface area contributed by atoms with E-state index >= 15 is 0 Å². The first-order valence-electron chi connectivity index (χ1n) is 7.38. The van der Waals surface area contributed by atoms with Crippen LogP contribution in [-0.4, -0.2) is 18.4 Å². The Bertz CT molecular complexity index is 475. The summed E-state index contributed by atoms with van der Waals surface area (Å²) in [7, 11) is 0. The first-order valence-corrected chi connectivity index (χ1v) is 7.38. The molecule has 0 heterocycles. The van der Waals surface area contributed by atoms with E-state index in [9.17, 15) is 9.59 Å². The van der Waals surface area contributed by atoms with Crippen molar-refractivity contribution in [3.05, 3.63) is 23.8 Å². The van der Waals surface area contributed by atoms with E-state index in [4.69, 9.17) is 4.74 Å². The molecule has 0 radical (unpaired) electrons. The second kappa shape index (κ2) is 5.55. The molecule has 3 nitrogen and oxygen atoms in total. The van der Waals surface area contributed by atoms with Gasteiger partial charge < -0.3 is 4.74 Å². The molecule has 0 aliphatic heterocycles. The van der Waals surface area contributed by atoms with Crippen molar-refractivity contribution in [2.45, 2.75) is 46.5 Å². The Morgan fingerprint density at radius 1 is 1.55 bits per heavy atom. The van der Waals surface area contributed by atoms with Gasteiger partial charge in [-0.1, -0.05) is 26.0 Å². The van der Waals surface area contributed by atoms with Crippen LogP contribution in [0.3, 0.4) is 0 Å². The number of fused-ring (bicyclic) bond motifs is 1. The maximum absolute atomic E-state index is 11.7. The summed E-state index contributed by atoms with van der Waals surface area (Å²) in [6, 6.07) is 0. The Morgan fingerprint density at radius 2 is 2.25 bits per heavy atom. The number of esters is 1. The van der Waals surface area contributed by atoms with E-state index in [0.29, 0.717) is 24.9 Å². The van der Waals surface area contributed by atoms with Gasteiger partial charge in [0.1, 0.15) is 6.61 Å². The summed E-state index contributed by atoms with van der Waals surface area (Å²) in [4.78, 5) is 22.6. The van der Waals surface area contributed by atoms with Gasteiger partial charge in [-0.3, -0.25) is 9.59 Å². The first-order chi connectivity index (χ1) is 9.33. The van der Waals surface area contributed by atoms with Gasteiger partial charge in [0, 0.05) is 13.3 Å². The average molecular weight is 276 g/mol. The van der Waals surface area contributed by atoms with Crippen LogP contribution >= 0.6 is 0 Å². The van der Waals surface area contributed by atoms with Crippen molar-refractivity contribution in [3.8, 4) is 0 Å². The zero-order valence-corrected chi connectivity index (χ0v) is 12.7. The molecule has 0 spiro atoms. The molecule has 1 fully saturated rings. The molecule has 2 aliphatic rings. The molecule has 0 N–H and O–H groups in total. The topological polar surface area (TPSA) is 43.4 Å². The quantitative estimate of drug-likeness (QED) is 0.586. The van der Waals surface area contributed by atoms with Crippen LogP contribution in [0.5, 0.6) is 0 Å². The molecule has 0 saturated heterocycles. The molecule has 3 heteroatoms. The van der Waals surface area contributed by atoms with Gasteiger partial charge in [0.25, 0.3) is 0 Å². The van der Waals surface area contributed by atoms with Crippen LogP contribution < -0.4 is 0 Å². The normalized spacial score (nSPS) is 33.1. The molecule has 0 bridgehead atoms. The maximum Gasteiger partial charge on any atom is 0.302 e. The Balaban J connectivity index is 2.09. The third-order valence-electron chi connectivity index (χ3n) is 5.13. The molecule has 0 unspecified atom stereocenters. The van der Waals surface area contributed by atoms with Crippen molar-refractivity contribution in [1.29, 1.82) is 0 Å². The van der Waals surface area contributed by atoms with Crippen molar-refractivity contribution in [2.24, 2.45) is 17.3 Å². The lowest BCUT2D eigenvalue weighted by molar-refractivity contribution is -0.140. The van der Waals surface area contributed by atoms with Gasteiger partial charge >= 0.3 is 5.97 Å². The first kappa shape index (κ1) is 15.0.